The fraction of sp³-hybridized carbons (Fsp3) is 0.133. The Morgan fingerprint density at radius 1 is 1.17 bits per heavy atom. The highest BCUT2D eigenvalue weighted by molar-refractivity contribution is 5.79. The molecule has 0 bridgehead atoms. The predicted molar refractivity (Wildman–Crippen MR) is 68.9 cm³/mol. The van der Waals surface area contributed by atoms with Crippen molar-refractivity contribution in [3.8, 4) is 0 Å². The molecular formula is C15H13FNO. The summed E-state index contributed by atoms with van der Waals surface area (Å²) in [6, 6.07) is 14.2. The Labute approximate surface area is 106 Å². The van der Waals surface area contributed by atoms with Gasteiger partial charge in [-0.1, -0.05) is 47.1 Å². The second kappa shape index (κ2) is 5.96. The second-order valence-electron chi connectivity index (χ2n) is 3.94. The summed E-state index contributed by atoms with van der Waals surface area (Å²) in [4.78, 5) is 5.02. The Balaban J connectivity index is 1.91. The monoisotopic (exact) mass is 242 g/mol. The van der Waals surface area contributed by atoms with Crippen LogP contribution in [0.2, 0.25) is 0 Å². The molecular weight excluding hydrogens is 229 g/mol. The SMILES string of the molecule is Cc1cccc(/[C]=N\OCc2ccccc2F)c1. The van der Waals surface area contributed by atoms with Gasteiger partial charge in [-0.2, -0.15) is 0 Å². The molecule has 0 heterocycles. The van der Waals surface area contributed by atoms with Gasteiger partial charge in [0.1, 0.15) is 18.6 Å². The van der Waals surface area contributed by atoms with Gasteiger partial charge in [0.2, 0.25) is 0 Å². The number of halogens is 1. The van der Waals surface area contributed by atoms with Gasteiger partial charge in [0.05, 0.1) is 0 Å². The van der Waals surface area contributed by atoms with Crippen molar-refractivity contribution in [1.82, 2.24) is 0 Å². The first-order valence-electron chi connectivity index (χ1n) is 5.64. The van der Waals surface area contributed by atoms with Crippen molar-refractivity contribution in [3.63, 3.8) is 0 Å². The summed E-state index contributed by atoms with van der Waals surface area (Å²) >= 11 is 0. The predicted octanol–water partition coefficient (Wildman–Crippen LogP) is 3.56. The zero-order valence-electron chi connectivity index (χ0n) is 10.1. The smallest absolute Gasteiger partial charge is 0.145 e. The molecule has 0 atom stereocenters. The molecule has 2 aromatic rings. The van der Waals surface area contributed by atoms with Crippen LogP contribution in [0.1, 0.15) is 16.7 Å². The Morgan fingerprint density at radius 2 is 2.00 bits per heavy atom. The normalized spacial score (nSPS) is 10.8. The van der Waals surface area contributed by atoms with Crippen molar-refractivity contribution >= 4 is 6.21 Å². The molecule has 1 radical (unpaired) electrons. The minimum atomic E-state index is -0.289. The summed E-state index contributed by atoms with van der Waals surface area (Å²) in [5.41, 5.74) is 2.44. The van der Waals surface area contributed by atoms with Crippen LogP contribution >= 0.6 is 0 Å². The van der Waals surface area contributed by atoms with Gasteiger partial charge in [-0.05, 0) is 19.1 Å². The molecule has 0 amide bonds. The van der Waals surface area contributed by atoms with Crippen molar-refractivity contribution in [2.75, 3.05) is 0 Å². The molecule has 0 saturated carbocycles. The van der Waals surface area contributed by atoms with Crippen LogP contribution in [0.4, 0.5) is 4.39 Å². The quantitative estimate of drug-likeness (QED) is 0.593. The van der Waals surface area contributed by atoms with Gasteiger partial charge in [-0.25, -0.2) is 4.39 Å². The molecule has 0 saturated heterocycles. The third kappa shape index (κ3) is 3.42. The maximum atomic E-state index is 13.3. The fourth-order valence-electron chi connectivity index (χ4n) is 1.52. The molecule has 18 heavy (non-hydrogen) atoms. The van der Waals surface area contributed by atoms with E-state index in [1.54, 1.807) is 18.2 Å². The summed E-state index contributed by atoms with van der Waals surface area (Å²) in [6.45, 7) is 2.09. The van der Waals surface area contributed by atoms with Crippen LogP contribution in [0, 0.1) is 12.7 Å². The van der Waals surface area contributed by atoms with Crippen LogP contribution in [0.5, 0.6) is 0 Å². The van der Waals surface area contributed by atoms with Crippen LogP contribution in [0.15, 0.2) is 53.7 Å². The molecule has 3 heteroatoms. The number of hydrogen-bond donors (Lipinski definition) is 0. The number of rotatable bonds is 4. The second-order valence-corrected chi connectivity index (χ2v) is 3.94. The standard InChI is InChI=1S/C15H13FNO/c1-12-5-4-6-13(9-12)10-17-18-11-14-7-2-3-8-15(14)16/h2-9H,11H2,1H3. The first-order chi connectivity index (χ1) is 8.75. The van der Waals surface area contributed by atoms with Crippen molar-refractivity contribution < 1.29 is 9.23 Å². The van der Waals surface area contributed by atoms with Crippen LogP contribution < -0.4 is 0 Å². The van der Waals surface area contributed by atoms with Crippen molar-refractivity contribution in [1.29, 1.82) is 0 Å². The number of benzene rings is 2. The van der Waals surface area contributed by atoms with Gasteiger partial charge in [0.25, 0.3) is 0 Å². The van der Waals surface area contributed by atoms with E-state index < -0.39 is 0 Å². The van der Waals surface area contributed by atoms with Crippen molar-refractivity contribution in [2.24, 2.45) is 5.16 Å². The average molecular weight is 242 g/mol. The number of hydrogen-bond acceptors (Lipinski definition) is 2. The highest BCUT2D eigenvalue weighted by Crippen LogP contribution is 2.07. The minimum absolute atomic E-state index is 0.103. The third-order valence-electron chi connectivity index (χ3n) is 2.44. The van der Waals surface area contributed by atoms with Crippen LogP contribution in [-0.4, -0.2) is 6.21 Å². The zero-order valence-corrected chi connectivity index (χ0v) is 10.1. The molecule has 91 valence electrons. The summed E-state index contributed by atoms with van der Waals surface area (Å²) in [5.74, 6) is -0.289. The van der Waals surface area contributed by atoms with E-state index in [2.05, 4.69) is 11.4 Å². The lowest BCUT2D eigenvalue weighted by Gasteiger charge is -2.00. The van der Waals surface area contributed by atoms with Gasteiger partial charge in [-0.15, -0.1) is 0 Å². The lowest BCUT2D eigenvalue weighted by atomic mass is 10.2. The first-order valence-corrected chi connectivity index (χ1v) is 5.64. The molecule has 0 aromatic heterocycles. The van der Waals surface area contributed by atoms with Crippen LogP contribution in [-0.2, 0) is 11.4 Å². The molecule has 0 N–H and O–H groups in total. The van der Waals surface area contributed by atoms with E-state index in [-0.39, 0.29) is 12.4 Å². The van der Waals surface area contributed by atoms with Crippen LogP contribution in [0.25, 0.3) is 0 Å². The van der Waals surface area contributed by atoms with E-state index in [0.717, 1.165) is 11.1 Å². The summed E-state index contributed by atoms with van der Waals surface area (Å²) in [6.07, 6.45) is 2.76. The average Bonchev–Trinajstić information content (AvgIpc) is 2.37. The van der Waals surface area contributed by atoms with Gasteiger partial charge in [0, 0.05) is 11.1 Å². The van der Waals surface area contributed by atoms with Gasteiger partial charge < -0.3 is 4.84 Å². The topological polar surface area (TPSA) is 21.6 Å². The Morgan fingerprint density at radius 3 is 2.78 bits per heavy atom. The van der Waals surface area contributed by atoms with E-state index in [9.17, 15) is 4.39 Å². The van der Waals surface area contributed by atoms with Crippen molar-refractivity contribution in [3.05, 3.63) is 71.0 Å². The van der Waals surface area contributed by atoms with Gasteiger partial charge >= 0.3 is 0 Å². The van der Waals surface area contributed by atoms with Gasteiger partial charge in [-0.3, -0.25) is 0 Å². The van der Waals surface area contributed by atoms with Gasteiger partial charge in [0.15, 0.2) is 0 Å². The minimum Gasteiger partial charge on any atom is -0.390 e. The number of aryl methyl sites for hydroxylation is 1. The summed E-state index contributed by atoms with van der Waals surface area (Å²) < 4.78 is 13.3. The Bertz CT molecular complexity index is 552. The first kappa shape index (κ1) is 12.3. The fourth-order valence-corrected chi connectivity index (χ4v) is 1.52. The third-order valence-corrected chi connectivity index (χ3v) is 2.44. The zero-order chi connectivity index (χ0) is 12.8. The summed E-state index contributed by atoms with van der Waals surface area (Å²) in [5, 5.41) is 3.70. The van der Waals surface area contributed by atoms with E-state index >= 15 is 0 Å². The lowest BCUT2D eigenvalue weighted by Crippen LogP contribution is -1.92. The van der Waals surface area contributed by atoms with E-state index in [4.69, 9.17) is 4.84 Å². The lowest BCUT2D eigenvalue weighted by molar-refractivity contribution is 0.129. The molecule has 2 nitrogen and oxygen atoms in total. The maximum Gasteiger partial charge on any atom is 0.145 e. The molecule has 0 unspecified atom stereocenters. The molecule has 0 aliphatic carbocycles. The number of nitrogens with zero attached hydrogens (tertiary/aromatic N) is 1. The largest absolute Gasteiger partial charge is 0.390 e. The summed E-state index contributed by atoms with van der Waals surface area (Å²) in [7, 11) is 0. The molecule has 0 aliphatic rings. The molecule has 2 rings (SSSR count). The Hall–Kier alpha value is -2.16. The van der Waals surface area contributed by atoms with E-state index in [0.29, 0.717) is 5.56 Å². The van der Waals surface area contributed by atoms with E-state index in [1.807, 2.05) is 31.2 Å². The van der Waals surface area contributed by atoms with Crippen molar-refractivity contribution in [2.45, 2.75) is 13.5 Å². The Kier molecular flexibility index (Phi) is 4.07. The highest BCUT2D eigenvalue weighted by atomic mass is 19.1. The maximum absolute atomic E-state index is 13.3. The highest BCUT2D eigenvalue weighted by Gasteiger charge is 1.99. The molecule has 2 aromatic carbocycles. The molecule has 0 spiro atoms. The van der Waals surface area contributed by atoms with E-state index in [1.165, 1.54) is 6.07 Å². The van der Waals surface area contributed by atoms with Crippen LogP contribution in [0.3, 0.4) is 0 Å². The molecule has 0 fully saturated rings. The molecule has 0 aliphatic heterocycles.